The maximum absolute atomic E-state index is 11.1. The molecule has 6 heteroatoms. The van der Waals surface area contributed by atoms with E-state index in [0.29, 0.717) is 12.2 Å². The number of aromatic nitrogens is 1. The number of nitrogens with one attached hydrogen (secondary N) is 1. The third-order valence-electron chi connectivity index (χ3n) is 1.82. The molecule has 0 saturated heterocycles. The molecule has 0 fully saturated rings. The summed E-state index contributed by atoms with van der Waals surface area (Å²) in [4.78, 5) is 25.2. The first kappa shape index (κ1) is 12.0. The fourth-order valence-corrected chi connectivity index (χ4v) is 1.07. The number of aliphatic carboxylic acids is 1. The standard InChI is InChI=1S/C10H12N2O4/c1-16-10(15)8-6-7(2-4-12-8)11-5-3-9(13)14/h2,4,6H,3,5H2,1H3,(H,11,12)(H,13,14). The van der Waals surface area contributed by atoms with E-state index in [2.05, 4.69) is 15.0 Å². The molecule has 0 saturated carbocycles. The third-order valence-corrected chi connectivity index (χ3v) is 1.82. The Kier molecular flexibility index (Phi) is 4.26. The van der Waals surface area contributed by atoms with Crippen LogP contribution in [0, 0.1) is 0 Å². The number of anilines is 1. The fraction of sp³-hybridized carbons (Fsp3) is 0.300. The van der Waals surface area contributed by atoms with Gasteiger partial charge in [0, 0.05) is 18.4 Å². The molecule has 86 valence electrons. The number of methoxy groups -OCH3 is 1. The average molecular weight is 224 g/mol. The van der Waals surface area contributed by atoms with Gasteiger partial charge < -0.3 is 15.2 Å². The number of rotatable bonds is 5. The second-order valence-electron chi connectivity index (χ2n) is 2.99. The summed E-state index contributed by atoms with van der Waals surface area (Å²) in [6.07, 6.45) is 1.46. The summed E-state index contributed by atoms with van der Waals surface area (Å²) in [5.74, 6) is -1.41. The van der Waals surface area contributed by atoms with Crippen molar-refractivity contribution in [3.8, 4) is 0 Å². The predicted octanol–water partition coefficient (Wildman–Crippen LogP) is 0.755. The Labute approximate surface area is 92.3 Å². The molecule has 0 aliphatic heterocycles. The molecule has 1 aromatic heterocycles. The molecule has 0 amide bonds. The molecule has 2 N–H and O–H groups in total. The van der Waals surface area contributed by atoms with Crippen molar-refractivity contribution in [3.05, 3.63) is 24.0 Å². The minimum Gasteiger partial charge on any atom is -0.481 e. The summed E-state index contributed by atoms with van der Waals surface area (Å²) in [5.41, 5.74) is 0.819. The molecule has 0 aromatic carbocycles. The lowest BCUT2D eigenvalue weighted by atomic mass is 10.3. The number of carbonyl (C=O) groups excluding carboxylic acids is 1. The van der Waals surface area contributed by atoms with Crippen LogP contribution in [0.1, 0.15) is 16.9 Å². The largest absolute Gasteiger partial charge is 0.481 e. The van der Waals surface area contributed by atoms with Crippen molar-refractivity contribution in [2.24, 2.45) is 0 Å². The Morgan fingerprint density at radius 3 is 2.94 bits per heavy atom. The number of nitrogens with zero attached hydrogens (tertiary/aromatic N) is 1. The topological polar surface area (TPSA) is 88.5 Å². The van der Waals surface area contributed by atoms with Crippen molar-refractivity contribution >= 4 is 17.6 Å². The minimum absolute atomic E-state index is 0.00980. The number of carboxylic acids is 1. The van der Waals surface area contributed by atoms with E-state index in [1.54, 1.807) is 6.07 Å². The van der Waals surface area contributed by atoms with Gasteiger partial charge in [0.25, 0.3) is 0 Å². The van der Waals surface area contributed by atoms with Gasteiger partial charge in [0.15, 0.2) is 0 Å². The molecule has 0 aliphatic carbocycles. The quantitative estimate of drug-likeness (QED) is 0.717. The van der Waals surface area contributed by atoms with Crippen LogP contribution in [-0.4, -0.2) is 35.7 Å². The number of ether oxygens (including phenoxy) is 1. The number of carboxylic acid groups (broad SMARTS) is 1. The normalized spacial score (nSPS) is 9.56. The molecule has 6 nitrogen and oxygen atoms in total. The average Bonchev–Trinajstić information content (AvgIpc) is 2.28. The maximum Gasteiger partial charge on any atom is 0.356 e. The van der Waals surface area contributed by atoms with Crippen molar-refractivity contribution in [2.75, 3.05) is 19.0 Å². The minimum atomic E-state index is -0.880. The van der Waals surface area contributed by atoms with Gasteiger partial charge in [0.05, 0.1) is 13.5 Å². The van der Waals surface area contributed by atoms with Crippen LogP contribution in [0.25, 0.3) is 0 Å². The summed E-state index contributed by atoms with van der Waals surface area (Å²) >= 11 is 0. The lowest BCUT2D eigenvalue weighted by molar-refractivity contribution is -0.136. The van der Waals surface area contributed by atoms with Crippen molar-refractivity contribution in [3.63, 3.8) is 0 Å². The van der Waals surface area contributed by atoms with Crippen molar-refractivity contribution < 1.29 is 19.4 Å². The molecule has 0 radical (unpaired) electrons. The molecule has 1 heterocycles. The smallest absolute Gasteiger partial charge is 0.356 e. The SMILES string of the molecule is COC(=O)c1cc(NCCC(=O)O)ccn1. The molecule has 1 aromatic rings. The highest BCUT2D eigenvalue weighted by Crippen LogP contribution is 2.08. The summed E-state index contributed by atoms with van der Waals surface area (Å²) in [7, 11) is 1.27. The lowest BCUT2D eigenvalue weighted by Crippen LogP contribution is -2.09. The fourth-order valence-electron chi connectivity index (χ4n) is 1.07. The maximum atomic E-state index is 11.1. The summed E-state index contributed by atoms with van der Waals surface area (Å²) in [6.45, 7) is 0.292. The van der Waals surface area contributed by atoms with E-state index in [0.717, 1.165) is 0 Å². The molecule has 0 bridgehead atoms. The number of pyridine rings is 1. The zero-order valence-corrected chi connectivity index (χ0v) is 8.77. The summed E-state index contributed by atoms with van der Waals surface area (Å²) < 4.78 is 4.51. The van der Waals surface area contributed by atoms with Crippen molar-refractivity contribution in [1.29, 1.82) is 0 Å². The van der Waals surface area contributed by atoms with Gasteiger partial charge in [0.1, 0.15) is 5.69 Å². The number of esters is 1. The highest BCUT2D eigenvalue weighted by molar-refractivity contribution is 5.88. The van der Waals surface area contributed by atoms with Gasteiger partial charge in [-0.05, 0) is 12.1 Å². The second-order valence-corrected chi connectivity index (χ2v) is 2.99. The van der Waals surface area contributed by atoms with Gasteiger partial charge in [-0.2, -0.15) is 0 Å². The molecule has 0 unspecified atom stereocenters. The molecule has 1 rings (SSSR count). The third kappa shape index (κ3) is 3.56. The lowest BCUT2D eigenvalue weighted by Gasteiger charge is -2.05. The molecule has 0 spiro atoms. The van der Waals surface area contributed by atoms with Gasteiger partial charge in [-0.3, -0.25) is 4.79 Å². The Bertz CT molecular complexity index is 392. The predicted molar refractivity (Wildman–Crippen MR) is 56.3 cm³/mol. The number of carbonyl (C=O) groups is 2. The van der Waals surface area contributed by atoms with Gasteiger partial charge in [-0.25, -0.2) is 9.78 Å². The Hall–Kier alpha value is -2.11. The summed E-state index contributed by atoms with van der Waals surface area (Å²) in [5, 5.41) is 11.3. The number of hydrogen-bond donors (Lipinski definition) is 2. The van der Waals surface area contributed by atoms with Crippen molar-refractivity contribution in [1.82, 2.24) is 4.98 Å². The van der Waals surface area contributed by atoms with E-state index >= 15 is 0 Å². The first-order valence-corrected chi connectivity index (χ1v) is 4.63. The first-order chi connectivity index (χ1) is 7.63. The van der Waals surface area contributed by atoms with Crippen LogP contribution in [0.15, 0.2) is 18.3 Å². The van der Waals surface area contributed by atoms with E-state index in [1.807, 2.05) is 0 Å². The van der Waals surface area contributed by atoms with Gasteiger partial charge in [-0.1, -0.05) is 0 Å². The van der Waals surface area contributed by atoms with E-state index in [-0.39, 0.29) is 12.1 Å². The van der Waals surface area contributed by atoms with Crippen LogP contribution >= 0.6 is 0 Å². The first-order valence-electron chi connectivity index (χ1n) is 4.63. The molecule has 16 heavy (non-hydrogen) atoms. The van der Waals surface area contributed by atoms with Gasteiger partial charge in [0.2, 0.25) is 0 Å². The molecule has 0 atom stereocenters. The zero-order valence-electron chi connectivity index (χ0n) is 8.77. The van der Waals surface area contributed by atoms with Crippen LogP contribution in [0.5, 0.6) is 0 Å². The molecular formula is C10H12N2O4. The Morgan fingerprint density at radius 2 is 2.31 bits per heavy atom. The Balaban J connectivity index is 2.60. The highest BCUT2D eigenvalue weighted by atomic mass is 16.5. The van der Waals surface area contributed by atoms with Gasteiger partial charge >= 0.3 is 11.9 Å². The van der Waals surface area contributed by atoms with Crippen LogP contribution in [0.4, 0.5) is 5.69 Å². The van der Waals surface area contributed by atoms with E-state index in [1.165, 1.54) is 19.4 Å². The highest BCUT2D eigenvalue weighted by Gasteiger charge is 2.07. The van der Waals surface area contributed by atoms with Crippen LogP contribution in [0.2, 0.25) is 0 Å². The molecular weight excluding hydrogens is 212 g/mol. The second kappa shape index (κ2) is 5.69. The van der Waals surface area contributed by atoms with Gasteiger partial charge in [-0.15, -0.1) is 0 Å². The Morgan fingerprint density at radius 1 is 1.56 bits per heavy atom. The monoisotopic (exact) mass is 224 g/mol. The zero-order chi connectivity index (χ0) is 12.0. The van der Waals surface area contributed by atoms with Crippen LogP contribution in [0.3, 0.4) is 0 Å². The van der Waals surface area contributed by atoms with E-state index in [9.17, 15) is 9.59 Å². The summed E-state index contributed by atoms with van der Waals surface area (Å²) in [6, 6.07) is 3.15. The number of hydrogen-bond acceptors (Lipinski definition) is 5. The van der Waals surface area contributed by atoms with E-state index in [4.69, 9.17) is 5.11 Å². The van der Waals surface area contributed by atoms with E-state index < -0.39 is 11.9 Å². The van der Waals surface area contributed by atoms with Crippen LogP contribution in [-0.2, 0) is 9.53 Å². The molecule has 0 aliphatic rings. The van der Waals surface area contributed by atoms with Crippen LogP contribution < -0.4 is 5.32 Å². The van der Waals surface area contributed by atoms with Crippen molar-refractivity contribution in [2.45, 2.75) is 6.42 Å².